The van der Waals surface area contributed by atoms with E-state index in [1.165, 1.54) is 0 Å². The van der Waals surface area contributed by atoms with Crippen molar-refractivity contribution in [2.24, 2.45) is 0 Å². The van der Waals surface area contributed by atoms with Crippen LogP contribution >= 0.6 is 0 Å². The minimum Gasteiger partial charge on any atom is -0.461 e. The van der Waals surface area contributed by atoms with Crippen molar-refractivity contribution in [3.05, 3.63) is 47.2 Å². The molecule has 4 rings (SSSR count). The SMILES string of the molecule is CCOC(=O)c1n[nH]nc1-c1cc(C)c2[nH]c3ccccc3c2c1C. The van der Waals surface area contributed by atoms with E-state index < -0.39 is 5.97 Å². The van der Waals surface area contributed by atoms with Crippen molar-refractivity contribution in [2.45, 2.75) is 20.8 Å². The summed E-state index contributed by atoms with van der Waals surface area (Å²) in [6.45, 7) is 6.15. The average molecular weight is 334 g/mol. The summed E-state index contributed by atoms with van der Waals surface area (Å²) in [5, 5.41) is 13.1. The highest BCUT2D eigenvalue weighted by atomic mass is 16.5. The van der Waals surface area contributed by atoms with Gasteiger partial charge in [0.05, 0.1) is 6.61 Å². The molecule has 25 heavy (non-hydrogen) atoms. The molecule has 6 heteroatoms. The van der Waals surface area contributed by atoms with Gasteiger partial charge in [-0.1, -0.05) is 18.2 Å². The van der Waals surface area contributed by atoms with Crippen LogP contribution in [0.4, 0.5) is 0 Å². The molecule has 2 N–H and O–H groups in total. The normalized spacial score (nSPS) is 11.3. The number of fused-ring (bicyclic) bond motifs is 3. The van der Waals surface area contributed by atoms with E-state index in [-0.39, 0.29) is 5.69 Å². The summed E-state index contributed by atoms with van der Waals surface area (Å²) in [6.07, 6.45) is 0. The Labute approximate surface area is 144 Å². The van der Waals surface area contributed by atoms with E-state index in [0.717, 1.165) is 38.5 Å². The Bertz CT molecular complexity index is 1110. The number of nitrogens with zero attached hydrogens (tertiary/aromatic N) is 2. The molecule has 6 nitrogen and oxygen atoms in total. The van der Waals surface area contributed by atoms with Crippen LogP contribution in [0, 0.1) is 13.8 Å². The van der Waals surface area contributed by atoms with E-state index in [1.807, 2.05) is 32.0 Å². The Balaban J connectivity index is 2.01. The second kappa shape index (κ2) is 5.73. The van der Waals surface area contributed by atoms with Gasteiger partial charge in [-0.3, -0.25) is 0 Å². The van der Waals surface area contributed by atoms with Crippen LogP contribution in [0.25, 0.3) is 33.1 Å². The standard InChI is InChI=1S/C19H18N4O2/c1-4-25-19(24)18-17(21-23-22-18)13-9-10(2)16-15(11(13)3)12-7-5-6-8-14(12)20-16/h5-9,20H,4H2,1-3H3,(H,21,22,23). The minimum absolute atomic E-state index is 0.212. The van der Waals surface area contributed by atoms with Gasteiger partial charge in [0.2, 0.25) is 0 Å². The van der Waals surface area contributed by atoms with Crippen LogP contribution in [0.2, 0.25) is 0 Å². The van der Waals surface area contributed by atoms with Gasteiger partial charge in [0.1, 0.15) is 5.69 Å². The van der Waals surface area contributed by atoms with Gasteiger partial charge in [-0.05, 0) is 44.0 Å². The lowest BCUT2D eigenvalue weighted by molar-refractivity contribution is 0.0520. The molecule has 2 heterocycles. The number of esters is 1. The van der Waals surface area contributed by atoms with Gasteiger partial charge in [0.25, 0.3) is 0 Å². The second-order valence-electron chi connectivity index (χ2n) is 6.03. The van der Waals surface area contributed by atoms with Crippen LogP contribution in [0.3, 0.4) is 0 Å². The summed E-state index contributed by atoms with van der Waals surface area (Å²) >= 11 is 0. The topological polar surface area (TPSA) is 83.7 Å². The third-order valence-corrected chi connectivity index (χ3v) is 4.51. The molecule has 0 aliphatic carbocycles. The van der Waals surface area contributed by atoms with Crippen molar-refractivity contribution < 1.29 is 9.53 Å². The molecule has 4 aromatic rings. The van der Waals surface area contributed by atoms with Crippen LogP contribution in [0.5, 0.6) is 0 Å². The van der Waals surface area contributed by atoms with Crippen LogP contribution in [-0.4, -0.2) is 33.0 Å². The number of aromatic nitrogens is 4. The molecule has 126 valence electrons. The third-order valence-electron chi connectivity index (χ3n) is 4.51. The lowest BCUT2D eigenvalue weighted by Gasteiger charge is -2.09. The molecule has 0 amide bonds. The van der Waals surface area contributed by atoms with Crippen molar-refractivity contribution in [2.75, 3.05) is 6.61 Å². The van der Waals surface area contributed by atoms with E-state index in [4.69, 9.17) is 4.74 Å². The first-order chi connectivity index (χ1) is 12.1. The van der Waals surface area contributed by atoms with E-state index in [9.17, 15) is 4.79 Å². The number of nitrogens with one attached hydrogen (secondary N) is 2. The summed E-state index contributed by atoms with van der Waals surface area (Å²) in [7, 11) is 0. The van der Waals surface area contributed by atoms with Gasteiger partial charge >= 0.3 is 5.97 Å². The molecule has 0 saturated heterocycles. The van der Waals surface area contributed by atoms with E-state index in [2.05, 4.69) is 32.5 Å². The molecule has 0 aliphatic rings. The third kappa shape index (κ3) is 2.29. The Hall–Kier alpha value is -3.15. The number of rotatable bonds is 3. The molecule has 0 aliphatic heterocycles. The van der Waals surface area contributed by atoms with Crippen molar-refractivity contribution in [1.82, 2.24) is 20.4 Å². The molecule has 0 atom stereocenters. The smallest absolute Gasteiger partial charge is 0.361 e. The van der Waals surface area contributed by atoms with Crippen molar-refractivity contribution in [1.29, 1.82) is 0 Å². The predicted octanol–water partition coefficient (Wildman–Crippen LogP) is 3.90. The maximum absolute atomic E-state index is 12.2. The van der Waals surface area contributed by atoms with Gasteiger partial charge in [0.15, 0.2) is 5.69 Å². The lowest BCUT2D eigenvalue weighted by atomic mass is 9.96. The zero-order chi connectivity index (χ0) is 17.6. The summed E-state index contributed by atoms with van der Waals surface area (Å²) < 4.78 is 5.09. The molecule has 2 aromatic carbocycles. The fourth-order valence-corrected chi connectivity index (χ4v) is 3.37. The Morgan fingerprint density at radius 3 is 2.80 bits per heavy atom. The maximum atomic E-state index is 12.2. The first-order valence-electron chi connectivity index (χ1n) is 8.20. The molecule has 0 unspecified atom stereocenters. The number of hydrogen-bond acceptors (Lipinski definition) is 4. The highest BCUT2D eigenvalue weighted by Gasteiger charge is 2.22. The van der Waals surface area contributed by atoms with E-state index in [0.29, 0.717) is 12.3 Å². The Morgan fingerprint density at radius 1 is 1.20 bits per heavy atom. The number of H-pyrrole nitrogens is 2. The first-order valence-corrected chi connectivity index (χ1v) is 8.20. The molecular formula is C19H18N4O2. The summed E-state index contributed by atoms with van der Waals surface area (Å²) in [6, 6.07) is 10.2. The number of benzene rings is 2. The summed E-state index contributed by atoms with van der Waals surface area (Å²) in [4.78, 5) is 15.7. The molecular weight excluding hydrogens is 316 g/mol. The molecule has 0 bridgehead atoms. The van der Waals surface area contributed by atoms with Gasteiger partial charge in [0, 0.05) is 27.4 Å². The van der Waals surface area contributed by atoms with Crippen LogP contribution in [-0.2, 0) is 4.74 Å². The molecule has 0 spiro atoms. The summed E-state index contributed by atoms with van der Waals surface area (Å²) in [5.74, 6) is -0.470. The number of hydrogen-bond donors (Lipinski definition) is 2. The number of carbonyl (C=O) groups excluding carboxylic acids is 1. The molecule has 0 saturated carbocycles. The quantitative estimate of drug-likeness (QED) is 0.557. The fraction of sp³-hybridized carbons (Fsp3) is 0.211. The largest absolute Gasteiger partial charge is 0.461 e. The van der Waals surface area contributed by atoms with Crippen molar-refractivity contribution >= 4 is 27.8 Å². The molecule has 0 fully saturated rings. The number of aryl methyl sites for hydroxylation is 2. The number of carbonyl (C=O) groups is 1. The van der Waals surface area contributed by atoms with Crippen LogP contribution in [0.15, 0.2) is 30.3 Å². The van der Waals surface area contributed by atoms with Gasteiger partial charge in [-0.15, -0.1) is 5.10 Å². The molecule has 2 aromatic heterocycles. The maximum Gasteiger partial charge on any atom is 0.361 e. The van der Waals surface area contributed by atoms with Crippen LogP contribution < -0.4 is 0 Å². The Kier molecular flexibility index (Phi) is 3.53. The van der Waals surface area contributed by atoms with Gasteiger partial charge in [-0.2, -0.15) is 10.3 Å². The highest BCUT2D eigenvalue weighted by Crippen LogP contribution is 2.36. The first kappa shape index (κ1) is 15.4. The van der Waals surface area contributed by atoms with Crippen molar-refractivity contribution in [3.8, 4) is 11.3 Å². The fourth-order valence-electron chi connectivity index (χ4n) is 3.37. The number of aromatic amines is 2. The zero-order valence-electron chi connectivity index (χ0n) is 14.3. The minimum atomic E-state index is -0.470. The van der Waals surface area contributed by atoms with E-state index in [1.54, 1.807) is 6.92 Å². The van der Waals surface area contributed by atoms with Crippen molar-refractivity contribution in [3.63, 3.8) is 0 Å². The average Bonchev–Trinajstić information content (AvgIpc) is 3.23. The number of ether oxygens (including phenoxy) is 1. The number of para-hydroxylation sites is 1. The van der Waals surface area contributed by atoms with Gasteiger partial charge in [-0.25, -0.2) is 4.79 Å². The monoisotopic (exact) mass is 334 g/mol. The second-order valence-corrected chi connectivity index (χ2v) is 6.03. The zero-order valence-corrected chi connectivity index (χ0v) is 14.3. The predicted molar refractivity (Wildman–Crippen MR) is 96.6 cm³/mol. The highest BCUT2D eigenvalue weighted by molar-refractivity contribution is 6.12. The van der Waals surface area contributed by atoms with Gasteiger partial charge < -0.3 is 9.72 Å². The lowest BCUT2D eigenvalue weighted by Crippen LogP contribution is -2.07. The van der Waals surface area contributed by atoms with Crippen LogP contribution in [0.1, 0.15) is 28.5 Å². The van der Waals surface area contributed by atoms with E-state index >= 15 is 0 Å². The summed E-state index contributed by atoms with van der Waals surface area (Å²) in [5.41, 5.74) is 5.94. The molecule has 0 radical (unpaired) electrons. The Morgan fingerprint density at radius 2 is 2.00 bits per heavy atom.